The van der Waals surface area contributed by atoms with Gasteiger partial charge in [0.15, 0.2) is 0 Å². The standard InChI is InChI=1S/C8H7ClF3N/c9-6-4-2-1-3-5(6)7(13)8(10,11)12/h1-4,7H,13H2. The van der Waals surface area contributed by atoms with Crippen LogP contribution in [0.4, 0.5) is 13.2 Å². The number of alkyl halides is 3. The lowest BCUT2D eigenvalue weighted by Crippen LogP contribution is -2.28. The minimum absolute atomic E-state index is 0.0346. The van der Waals surface area contributed by atoms with Crippen molar-refractivity contribution >= 4 is 11.6 Å². The molecule has 1 unspecified atom stereocenters. The van der Waals surface area contributed by atoms with Crippen LogP contribution in [-0.2, 0) is 0 Å². The van der Waals surface area contributed by atoms with Gasteiger partial charge in [0.1, 0.15) is 6.04 Å². The second-order valence-corrected chi connectivity index (χ2v) is 2.95. The van der Waals surface area contributed by atoms with Crippen LogP contribution in [0.1, 0.15) is 11.6 Å². The topological polar surface area (TPSA) is 26.0 Å². The molecule has 0 fully saturated rings. The molecule has 0 radical (unpaired) electrons. The van der Waals surface area contributed by atoms with Crippen molar-refractivity contribution in [3.63, 3.8) is 0 Å². The van der Waals surface area contributed by atoms with Crippen LogP contribution in [0.5, 0.6) is 0 Å². The molecular weight excluding hydrogens is 203 g/mol. The van der Waals surface area contributed by atoms with E-state index in [-0.39, 0.29) is 10.6 Å². The molecule has 0 bridgehead atoms. The van der Waals surface area contributed by atoms with Gasteiger partial charge in [0.25, 0.3) is 0 Å². The average Bonchev–Trinajstić information content (AvgIpc) is 2.02. The summed E-state index contributed by atoms with van der Waals surface area (Å²) in [6.07, 6.45) is -4.45. The number of benzene rings is 1. The first-order chi connectivity index (χ1) is 5.93. The van der Waals surface area contributed by atoms with E-state index >= 15 is 0 Å². The van der Waals surface area contributed by atoms with Crippen molar-refractivity contribution in [3.05, 3.63) is 34.9 Å². The summed E-state index contributed by atoms with van der Waals surface area (Å²) in [4.78, 5) is 0. The molecule has 1 nitrogen and oxygen atoms in total. The van der Waals surface area contributed by atoms with Crippen LogP contribution < -0.4 is 5.73 Å². The zero-order chi connectivity index (χ0) is 10.1. The number of nitrogens with two attached hydrogens (primary N) is 1. The van der Waals surface area contributed by atoms with Crippen molar-refractivity contribution in [1.29, 1.82) is 0 Å². The van der Waals surface area contributed by atoms with E-state index in [1.807, 2.05) is 0 Å². The third kappa shape index (κ3) is 2.35. The summed E-state index contributed by atoms with van der Waals surface area (Å²) in [7, 11) is 0. The van der Waals surface area contributed by atoms with E-state index in [0.717, 1.165) is 0 Å². The third-order valence-electron chi connectivity index (χ3n) is 1.59. The molecule has 1 atom stereocenters. The molecule has 0 spiro atoms. The summed E-state index contributed by atoms with van der Waals surface area (Å²) in [6, 6.07) is 3.64. The summed E-state index contributed by atoms with van der Waals surface area (Å²) >= 11 is 5.55. The Bertz CT molecular complexity index is 298. The first-order valence-electron chi connectivity index (χ1n) is 3.49. The van der Waals surface area contributed by atoms with E-state index in [1.54, 1.807) is 6.07 Å². The lowest BCUT2D eigenvalue weighted by molar-refractivity contribution is -0.149. The zero-order valence-corrected chi connectivity index (χ0v) is 7.23. The largest absolute Gasteiger partial charge is 0.407 e. The molecule has 72 valence electrons. The fourth-order valence-electron chi connectivity index (χ4n) is 0.904. The number of hydrogen-bond acceptors (Lipinski definition) is 1. The summed E-state index contributed by atoms with van der Waals surface area (Å²) in [5, 5.41) is 0.0346. The molecule has 0 aliphatic carbocycles. The lowest BCUT2D eigenvalue weighted by Gasteiger charge is -2.16. The fourth-order valence-corrected chi connectivity index (χ4v) is 1.16. The van der Waals surface area contributed by atoms with E-state index in [1.165, 1.54) is 18.2 Å². The van der Waals surface area contributed by atoms with Crippen LogP contribution in [0, 0.1) is 0 Å². The van der Waals surface area contributed by atoms with Gasteiger partial charge in [-0.15, -0.1) is 0 Å². The van der Waals surface area contributed by atoms with Crippen molar-refractivity contribution in [2.75, 3.05) is 0 Å². The molecule has 0 heterocycles. The van der Waals surface area contributed by atoms with Crippen molar-refractivity contribution in [3.8, 4) is 0 Å². The summed E-state index contributed by atoms with van der Waals surface area (Å²) in [5.74, 6) is 0. The van der Waals surface area contributed by atoms with Gasteiger partial charge in [0, 0.05) is 5.02 Å². The Morgan fingerprint density at radius 2 is 1.77 bits per heavy atom. The van der Waals surface area contributed by atoms with Gasteiger partial charge in [-0.3, -0.25) is 0 Å². The molecule has 0 aliphatic rings. The molecule has 0 aromatic heterocycles. The molecular formula is C8H7ClF3N. The Balaban J connectivity index is 3.02. The Labute approximate surface area is 78.3 Å². The van der Waals surface area contributed by atoms with E-state index in [0.29, 0.717) is 0 Å². The van der Waals surface area contributed by atoms with E-state index in [2.05, 4.69) is 0 Å². The van der Waals surface area contributed by atoms with Crippen molar-refractivity contribution < 1.29 is 13.2 Å². The van der Waals surface area contributed by atoms with Gasteiger partial charge in [-0.1, -0.05) is 29.8 Å². The Morgan fingerprint density at radius 1 is 1.23 bits per heavy atom. The Morgan fingerprint density at radius 3 is 2.23 bits per heavy atom. The maximum Gasteiger partial charge on any atom is 0.407 e. The second kappa shape index (κ2) is 3.55. The predicted molar refractivity (Wildman–Crippen MR) is 44.4 cm³/mol. The molecule has 1 aromatic rings. The Kier molecular flexibility index (Phi) is 2.83. The lowest BCUT2D eigenvalue weighted by atomic mass is 10.1. The highest BCUT2D eigenvalue weighted by atomic mass is 35.5. The number of rotatable bonds is 1. The predicted octanol–water partition coefficient (Wildman–Crippen LogP) is 2.90. The molecule has 0 saturated carbocycles. The van der Waals surface area contributed by atoms with E-state index in [4.69, 9.17) is 17.3 Å². The molecule has 0 saturated heterocycles. The summed E-state index contributed by atoms with van der Waals surface area (Å²) in [6.45, 7) is 0. The van der Waals surface area contributed by atoms with Crippen LogP contribution in [0.25, 0.3) is 0 Å². The van der Waals surface area contributed by atoms with Crippen molar-refractivity contribution in [2.24, 2.45) is 5.73 Å². The third-order valence-corrected chi connectivity index (χ3v) is 1.94. The van der Waals surface area contributed by atoms with Crippen LogP contribution in [0.15, 0.2) is 24.3 Å². The smallest absolute Gasteiger partial charge is 0.316 e. The molecule has 13 heavy (non-hydrogen) atoms. The van der Waals surface area contributed by atoms with E-state index in [9.17, 15) is 13.2 Å². The normalized spacial score (nSPS) is 14.2. The number of hydrogen-bond donors (Lipinski definition) is 1. The molecule has 1 rings (SSSR count). The monoisotopic (exact) mass is 209 g/mol. The average molecular weight is 210 g/mol. The van der Waals surface area contributed by atoms with Crippen molar-refractivity contribution in [2.45, 2.75) is 12.2 Å². The maximum atomic E-state index is 12.1. The quantitative estimate of drug-likeness (QED) is 0.756. The highest BCUT2D eigenvalue weighted by Crippen LogP contribution is 2.33. The maximum absolute atomic E-state index is 12.1. The van der Waals surface area contributed by atoms with Gasteiger partial charge in [-0.05, 0) is 11.6 Å². The van der Waals surface area contributed by atoms with Gasteiger partial charge < -0.3 is 5.73 Å². The highest BCUT2D eigenvalue weighted by Gasteiger charge is 2.38. The minimum atomic E-state index is -4.45. The minimum Gasteiger partial charge on any atom is -0.316 e. The second-order valence-electron chi connectivity index (χ2n) is 2.54. The van der Waals surface area contributed by atoms with Gasteiger partial charge in [0.2, 0.25) is 0 Å². The molecule has 2 N–H and O–H groups in total. The van der Waals surface area contributed by atoms with Gasteiger partial charge in [-0.25, -0.2) is 0 Å². The molecule has 0 amide bonds. The fraction of sp³-hybridized carbons (Fsp3) is 0.250. The molecule has 1 aromatic carbocycles. The van der Waals surface area contributed by atoms with Gasteiger partial charge >= 0.3 is 6.18 Å². The summed E-state index contributed by atoms with van der Waals surface area (Å²) in [5.41, 5.74) is 4.86. The van der Waals surface area contributed by atoms with Crippen LogP contribution in [-0.4, -0.2) is 6.18 Å². The molecule has 5 heteroatoms. The first kappa shape index (κ1) is 10.3. The summed E-state index contributed by atoms with van der Waals surface area (Å²) < 4.78 is 36.4. The first-order valence-corrected chi connectivity index (χ1v) is 3.87. The van der Waals surface area contributed by atoms with Crippen molar-refractivity contribution in [1.82, 2.24) is 0 Å². The molecule has 0 aliphatic heterocycles. The van der Waals surface area contributed by atoms with Crippen LogP contribution in [0.3, 0.4) is 0 Å². The van der Waals surface area contributed by atoms with Gasteiger partial charge in [-0.2, -0.15) is 13.2 Å². The SMILES string of the molecule is NC(c1ccccc1Cl)C(F)(F)F. The van der Waals surface area contributed by atoms with Gasteiger partial charge in [0.05, 0.1) is 0 Å². The Hall–Kier alpha value is -0.740. The highest BCUT2D eigenvalue weighted by molar-refractivity contribution is 6.31. The van der Waals surface area contributed by atoms with E-state index < -0.39 is 12.2 Å². The van der Waals surface area contributed by atoms with Crippen LogP contribution in [0.2, 0.25) is 5.02 Å². The zero-order valence-electron chi connectivity index (χ0n) is 6.48. The number of halogens is 4. The van der Waals surface area contributed by atoms with Crippen LogP contribution >= 0.6 is 11.6 Å².